The summed E-state index contributed by atoms with van der Waals surface area (Å²) >= 11 is 0. The van der Waals surface area contributed by atoms with E-state index in [-0.39, 0.29) is 30.1 Å². The first kappa shape index (κ1) is 32.1. The van der Waals surface area contributed by atoms with Crippen LogP contribution in [0.25, 0.3) is 21.5 Å². The maximum absolute atomic E-state index is 12.0. The Hall–Kier alpha value is -4.40. The van der Waals surface area contributed by atoms with Gasteiger partial charge in [0.1, 0.15) is 6.61 Å². The van der Waals surface area contributed by atoms with Gasteiger partial charge < -0.3 is 18.9 Å². The molecule has 4 aromatic rings. The normalized spacial score (nSPS) is 10.6. The van der Waals surface area contributed by atoms with Gasteiger partial charge in [-0.3, -0.25) is 9.59 Å². The zero-order valence-electron chi connectivity index (χ0n) is 24.4. The van der Waals surface area contributed by atoms with Gasteiger partial charge >= 0.3 is 11.9 Å². The van der Waals surface area contributed by atoms with E-state index in [0.717, 1.165) is 34.4 Å². The average Bonchev–Trinajstić information content (AvgIpc) is 3.00. The Morgan fingerprint density at radius 1 is 0.476 bits per heavy atom. The molecule has 0 unspecified atom stereocenters. The molecule has 0 N–H and O–H groups in total. The fourth-order valence-corrected chi connectivity index (χ4v) is 4.08. The van der Waals surface area contributed by atoms with Crippen LogP contribution >= 0.6 is 0 Å². The van der Waals surface area contributed by atoms with Crippen LogP contribution in [0.15, 0.2) is 72.8 Å². The minimum absolute atomic E-state index is 0.0231. The molecule has 0 bridgehead atoms. The Morgan fingerprint density at radius 3 is 1.24 bits per heavy atom. The maximum Gasteiger partial charge on any atom is 0.338 e. The molecule has 42 heavy (non-hydrogen) atoms. The van der Waals surface area contributed by atoms with Gasteiger partial charge in [0.25, 0.3) is 0 Å². The van der Waals surface area contributed by atoms with Crippen molar-refractivity contribution in [1.29, 1.82) is 0 Å². The average molecular weight is 573 g/mol. The Morgan fingerprint density at radius 2 is 0.833 bits per heavy atom. The number of methoxy groups -OCH3 is 2. The number of benzene rings is 4. The van der Waals surface area contributed by atoms with Gasteiger partial charge in [-0.15, -0.1) is 0 Å². The number of Topliss-reactive ketones (excluding diaryl/α,β-unsaturated/α-hetero) is 2. The molecule has 0 amide bonds. The quantitative estimate of drug-likeness (QED) is 0.108. The fraction of sp³-hybridized carbons (Fsp3) is 0.294. The molecule has 8 heteroatoms. The van der Waals surface area contributed by atoms with Gasteiger partial charge in [0, 0.05) is 32.0 Å². The minimum atomic E-state index is -0.375. The number of carbonyl (C=O) groups excluding carboxylic acids is 4. The molecule has 4 aromatic carbocycles. The Balaban J connectivity index is 0.000000231. The predicted octanol–water partition coefficient (Wildman–Crippen LogP) is 6.47. The van der Waals surface area contributed by atoms with E-state index in [1.807, 2.05) is 36.4 Å². The summed E-state index contributed by atoms with van der Waals surface area (Å²) in [6.07, 6.45) is 1.66. The molecule has 0 aliphatic rings. The molecule has 220 valence electrons. The van der Waals surface area contributed by atoms with Crippen LogP contribution in [0.2, 0.25) is 0 Å². The van der Waals surface area contributed by atoms with E-state index < -0.39 is 0 Å². The van der Waals surface area contributed by atoms with Crippen molar-refractivity contribution >= 4 is 45.0 Å². The van der Waals surface area contributed by atoms with Crippen molar-refractivity contribution in [3.05, 3.63) is 95.1 Å². The number of rotatable bonds is 12. The molecule has 0 atom stereocenters. The van der Waals surface area contributed by atoms with Crippen molar-refractivity contribution < 1.29 is 38.1 Å². The van der Waals surface area contributed by atoms with Crippen molar-refractivity contribution in [1.82, 2.24) is 0 Å². The third-order valence-corrected chi connectivity index (χ3v) is 6.46. The van der Waals surface area contributed by atoms with Crippen LogP contribution < -0.4 is 0 Å². The lowest BCUT2D eigenvalue weighted by Gasteiger charge is -2.06. The molecule has 0 aliphatic carbocycles. The molecule has 8 nitrogen and oxygen atoms in total. The summed E-state index contributed by atoms with van der Waals surface area (Å²) in [4.78, 5) is 46.5. The van der Waals surface area contributed by atoms with Crippen LogP contribution in [0.3, 0.4) is 0 Å². The summed E-state index contributed by atoms with van der Waals surface area (Å²) in [5.74, 6) is -0.647. The zero-order valence-corrected chi connectivity index (χ0v) is 24.4. The lowest BCUT2D eigenvalue weighted by molar-refractivity contribution is 0.0387. The zero-order chi connectivity index (χ0) is 30.5. The van der Waals surface area contributed by atoms with Gasteiger partial charge in [-0.2, -0.15) is 0 Å². The second-order valence-electron chi connectivity index (χ2n) is 9.63. The molecule has 0 radical (unpaired) electrons. The Bertz CT molecular complexity index is 1560. The molecular weight excluding hydrogens is 536 g/mol. The van der Waals surface area contributed by atoms with E-state index in [9.17, 15) is 19.2 Å². The van der Waals surface area contributed by atoms with Gasteiger partial charge in [0.2, 0.25) is 0 Å². The summed E-state index contributed by atoms with van der Waals surface area (Å²) in [7, 11) is 3.20. The van der Waals surface area contributed by atoms with Crippen molar-refractivity contribution in [3.8, 4) is 0 Å². The molecule has 0 aliphatic heterocycles. The third kappa shape index (κ3) is 9.33. The Kier molecular flexibility index (Phi) is 12.3. The highest BCUT2D eigenvalue weighted by atomic mass is 16.6. The molecule has 0 spiro atoms. The highest BCUT2D eigenvalue weighted by molar-refractivity contribution is 6.01. The minimum Gasteiger partial charge on any atom is -0.462 e. The highest BCUT2D eigenvalue weighted by Crippen LogP contribution is 2.20. The summed E-state index contributed by atoms with van der Waals surface area (Å²) in [5, 5.41) is 3.67. The van der Waals surface area contributed by atoms with Gasteiger partial charge in [-0.05, 0) is 84.6 Å². The topological polar surface area (TPSA) is 105 Å². The summed E-state index contributed by atoms with van der Waals surface area (Å²) in [6, 6.07) is 21.5. The smallest absolute Gasteiger partial charge is 0.338 e. The van der Waals surface area contributed by atoms with E-state index in [4.69, 9.17) is 18.9 Å². The molecular formula is C34H36O8. The number of unbranched alkanes of at least 4 members (excludes halogenated alkanes) is 1. The second-order valence-corrected chi connectivity index (χ2v) is 9.63. The predicted molar refractivity (Wildman–Crippen MR) is 161 cm³/mol. The number of ketones is 2. The maximum atomic E-state index is 12.0. The van der Waals surface area contributed by atoms with Crippen molar-refractivity contribution in [2.45, 2.75) is 26.7 Å². The van der Waals surface area contributed by atoms with E-state index in [2.05, 4.69) is 0 Å². The molecule has 4 rings (SSSR count). The van der Waals surface area contributed by atoms with E-state index in [0.29, 0.717) is 42.1 Å². The lowest BCUT2D eigenvalue weighted by Crippen LogP contribution is -2.09. The number of hydrogen-bond donors (Lipinski definition) is 0. The van der Waals surface area contributed by atoms with Crippen LogP contribution in [0.1, 0.15) is 68.1 Å². The van der Waals surface area contributed by atoms with Crippen LogP contribution in [0, 0.1) is 0 Å². The molecule has 0 saturated carbocycles. The van der Waals surface area contributed by atoms with Gasteiger partial charge in [-0.25, -0.2) is 9.59 Å². The van der Waals surface area contributed by atoms with Gasteiger partial charge in [0.15, 0.2) is 11.6 Å². The van der Waals surface area contributed by atoms with Crippen LogP contribution in [-0.2, 0) is 18.9 Å². The van der Waals surface area contributed by atoms with E-state index in [1.165, 1.54) is 13.8 Å². The molecule has 0 fully saturated rings. The van der Waals surface area contributed by atoms with Gasteiger partial charge in [-0.1, -0.05) is 36.4 Å². The van der Waals surface area contributed by atoms with Crippen molar-refractivity contribution in [2.75, 3.05) is 40.6 Å². The van der Waals surface area contributed by atoms with Crippen molar-refractivity contribution in [3.63, 3.8) is 0 Å². The molecule has 0 saturated heterocycles. The lowest BCUT2D eigenvalue weighted by atomic mass is 10.0. The number of ether oxygens (including phenoxy) is 4. The first-order valence-electron chi connectivity index (χ1n) is 13.6. The monoisotopic (exact) mass is 572 g/mol. The Labute approximate surface area is 245 Å². The number of carbonyl (C=O) groups is 4. The third-order valence-electron chi connectivity index (χ3n) is 6.46. The summed E-state index contributed by atoms with van der Waals surface area (Å²) in [5.41, 5.74) is 2.34. The van der Waals surface area contributed by atoms with Crippen LogP contribution in [0.5, 0.6) is 0 Å². The second kappa shape index (κ2) is 16.1. The van der Waals surface area contributed by atoms with E-state index >= 15 is 0 Å². The van der Waals surface area contributed by atoms with E-state index in [1.54, 1.807) is 50.6 Å². The SMILES string of the molecule is COCCCCOC(=O)c1ccc2cc(C(C)=O)ccc2c1.COCCOC(=O)c1ccc2cc(C(C)=O)ccc2c1. The van der Waals surface area contributed by atoms with Crippen molar-refractivity contribution in [2.24, 2.45) is 0 Å². The summed E-state index contributed by atoms with van der Waals surface area (Å²) < 4.78 is 20.1. The first-order valence-corrected chi connectivity index (χ1v) is 13.6. The highest BCUT2D eigenvalue weighted by Gasteiger charge is 2.10. The fourth-order valence-electron chi connectivity index (χ4n) is 4.08. The number of hydrogen-bond acceptors (Lipinski definition) is 8. The number of esters is 2. The standard InChI is InChI=1S/C18H20O4.C16H16O4/c1-13(19)14-5-6-16-12-17(8-7-15(16)11-14)18(20)22-10-4-3-9-21-2;1-11(17)12-3-4-14-10-15(6-5-13(14)9-12)16(18)20-8-7-19-2/h5-8,11-12H,3-4,9-10H2,1-2H3;3-6,9-10H,7-8H2,1-2H3. The first-order chi connectivity index (χ1) is 20.2. The number of fused-ring (bicyclic) bond motifs is 2. The molecule has 0 aromatic heterocycles. The van der Waals surface area contributed by atoms with Crippen LogP contribution in [0.4, 0.5) is 0 Å². The van der Waals surface area contributed by atoms with Crippen LogP contribution in [-0.4, -0.2) is 64.2 Å². The van der Waals surface area contributed by atoms with Gasteiger partial charge in [0.05, 0.1) is 24.3 Å². The molecule has 0 heterocycles. The largest absolute Gasteiger partial charge is 0.462 e. The summed E-state index contributed by atoms with van der Waals surface area (Å²) in [6.45, 7) is 4.74.